The number of nitrogens with one attached hydrogen (secondary N) is 1. The number of likely N-dealkylation sites (tertiary alicyclic amines) is 1. The second kappa shape index (κ2) is 8.25. The van der Waals surface area contributed by atoms with Crippen LogP contribution in [0.25, 0.3) is 0 Å². The zero-order chi connectivity index (χ0) is 11.0. The van der Waals surface area contributed by atoms with Crippen molar-refractivity contribution in [1.82, 2.24) is 10.2 Å². The van der Waals surface area contributed by atoms with Crippen LogP contribution in [0.15, 0.2) is 0 Å². The molecule has 1 rings (SSSR count). The van der Waals surface area contributed by atoms with E-state index < -0.39 is 0 Å². The minimum atomic E-state index is 0. The van der Waals surface area contributed by atoms with Crippen molar-refractivity contribution in [2.24, 2.45) is 0 Å². The van der Waals surface area contributed by atoms with Crippen LogP contribution < -0.4 is 5.32 Å². The lowest BCUT2D eigenvalue weighted by Gasteiger charge is -2.20. The maximum atomic E-state index is 3.54. The fourth-order valence-electron chi connectivity index (χ4n) is 1.88. The van der Waals surface area contributed by atoms with Gasteiger partial charge in [-0.2, -0.15) is 0 Å². The standard InChI is InChI=1S/C10H22N2.C2H6.H2/c1-4-11-10-6-5-9(2)12(3)8-7-10;1-2;/h9-11H,4-8H2,1-3H3;1-2H3;1H. The Kier molecular flexibility index (Phi) is 8.20. The minimum Gasteiger partial charge on any atom is -0.314 e. The molecule has 1 saturated heterocycles. The molecule has 0 spiro atoms. The van der Waals surface area contributed by atoms with Crippen LogP contribution in [0.2, 0.25) is 0 Å². The molecule has 0 aromatic carbocycles. The Hall–Kier alpha value is -0.0800. The first-order chi connectivity index (χ1) is 6.74. The zero-order valence-electron chi connectivity index (χ0n) is 10.6. The first-order valence-electron chi connectivity index (χ1n) is 6.17. The summed E-state index contributed by atoms with van der Waals surface area (Å²) in [6.45, 7) is 10.9. The molecule has 0 saturated carbocycles. The van der Waals surface area contributed by atoms with Crippen molar-refractivity contribution >= 4 is 0 Å². The fraction of sp³-hybridized carbons (Fsp3) is 1.00. The molecule has 1 aliphatic heterocycles. The molecule has 2 unspecified atom stereocenters. The Labute approximate surface area is 91.5 Å². The van der Waals surface area contributed by atoms with Crippen LogP contribution >= 0.6 is 0 Å². The minimum absolute atomic E-state index is 0. The molecule has 1 fully saturated rings. The first-order valence-corrected chi connectivity index (χ1v) is 6.17. The molecule has 0 aliphatic carbocycles. The molecule has 2 atom stereocenters. The summed E-state index contributed by atoms with van der Waals surface area (Å²) < 4.78 is 0. The van der Waals surface area contributed by atoms with E-state index in [9.17, 15) is 0 Å². The molecule has 88 valence electrons. The van der Waals surface area contributed by atoms with E-state index in [-0.39, 0.29) is 1.43 Å². The molecular formula is C12H30N2. The van der Waals surface area contributed by atoms with E-state index in [0.717, 1.165) is 18.6 Å². The number of hydrogen-bond acceptors (Lipinski definition) is 2. The van der Waals surface area contributed by atoms with Crippen molar-refractivity contribution in [1.29, 1.82) is 0 Å². The van der Waals surface area contributed by atoms with Gasteiger partial charge in [0, 0.05) is 13.5 Å². The lowest BCUT2D eigenvalue weighted by Crippen LogP contribution is -2.30. The lowest BCUT2D eigenvalue weighted by molar-refractivity contribution is 0.263. The molecule has 2 nitrogen and oxygen atoms in total. The maximum Gasteiger partial charge on any atom is 0.00796 e. The predicted molar refractivity (Wildman–Crippen MR) is 66.9 cm³/mol. The number of rotatable bonds is 2. The predicted octanol–water partition coefficient (Wildman–Crippen LogP) is 2.74. The van der Waals surface area contributed by atoms with E-state index >= 15 is 0 Å². The molecule has 1 heterocycles. The maximum absolute atomic E-state index is 3.54. The molecule has 0 amide bonds. The highest BCUT2D eigenvalue weighted by Crippen LogP contribution is 2.14. The van der Waals surface area contributed by atoms with Crippen molar-refractivity contribution in [3.63, 3.8) is 0 Å². The summed E-state index contributed by atoms with van der Waals surface area (Å²) in [5.74, 6) is 0. The molecule has 0 aromatic heterocycles. The zero-order valence-corrected chi connectivity index (χ0v) is 10.6. The second-order valence-electron chi connectivity index (χ2n) is 3.95. The Morgan fingerprint density at radius 2 is 1.93 bits per heavy atom. The number of hydrogen-bond donors (Lipinski definition) is 1. The van der Waals surface area contributed by atoms with Gasteiger partial charge in [0.1, 0.15) is 0 Å². The van der Waals surface area contributed by atoms with Crippen LogP contribution in [0.1, 0.15) is 48.4 Å². The monoisotopic (exact) mass is 202 g/mol. The average Bonchev–Trinajstić information content (AvgIpc) is 2.37. The van der Waals surface area contributed by atoms with Gasteiger partial charge in [-0.15, -0.1) is 0 Å². The summed E-state index contributed by atoms with van der Waals surface area (Å²) >= 11 is 0. The second-order valence-corrected chi connectivity index (χ2v) is 3.95. The number of nitrogens with zero attached hydrogens (tertiary/aromatic N) is 1. The van der Waals surface area contributed by atoms with Gasteiger partial charge in [-0.05, 0) is 46.3 Å². The van der Waals surface area contributed by atoms with E-state index in [1.807, 2.05) is 13.8 Å². The largest absolute Gasteiger partial charge is 0.314 e. The third-order valence-electron chi connectivity index (χ3n) is 3.01. The van der Waals surface area contributed by atoms with Crippen molar-refractivity contribution in [2.45, 2.75) is 59.0 Å². The van der Waals surface area contributed by atoms with Crippen molar-refractivity contribution in [2.75, 3.05) is 20.1 Å². The van der Waals surface area contributed by atoms with Crippen LogP contribution in [0.5, 0.6) is 0 Å². The Morgan fingerprint density at radius 1 is 1.29 bits per heavy atom. The normalized spacial score (nSPS) is 28.9. The first kappa shape index (κ1) is 13.9. The molecule has 0 bridgehead atoms. The van der Waals surface area contributed by atoms with Gasteiger partial charge < -0.3 is 10.2 Å². The fourth-order valence-corrected chi connectivity index (χ4v) is 1.88. The highest BCUT2D eigenvalue weighted by atomic mass is 15.1. The van der Waals surface area contributed by atoms with Crippen molar-refractivity contribution in [3.8, 4) is 0 Å². The molecule has 2 heteroatoms. The summed E-state index contributed by atoms with van der Waals surface area (Å²) in [5, 5.41) is 3.54. The van der Waals surface area contributed by atoms with E-state index in [2.05, 4.69) is 31.1 Å². The van der Waals surface area contributed by atoms with Crippen LogP contribution in [-0.4, -0.2) is 37.1 Å². The van der Waals surface area contributed by atoms with Crippen LogP contribution in [0.4, 0.5) is 0 Å². The molecular weight excluding hydrogens is 172 g/mol. The molecule has 0 aromatic rings. The van der Waals surface area contributed by atoms with E-state index in [1.165, 1.54) is 25.8 Å². The average molecular weight is 202 g/mol. The summed E-state index contributed by atoms with van der Waals surface area (Å²) in [6, 6.07) is 1.54. The molecule has 0 radical (unpaired) electrons. The molecule has 1 N–H and O–H groups in total. The smallest absolute Gasteiger partial charge is 0.00796 e. The topological polar surface area (TPSA) is 15.3 Å². The SMILES string of the molecule is CC.CCNC1CCC(C)N(C)CC1.[HH]. The van der Waals surface area contributed by atoms with Gasteiger partial charge in [0.05, 0.1) is 0 Å². The van der Waals surface area contributed by atoms with Crippen LogP contribution in [-0.2, 0) is 0 Å². The van der Waals surface area contributed by atoms with Gasteiger partial charge in [0.15, 0.2) is 0 Å². The third-order valence-corrected chi connectivity index (χ3v) is 3.01. The highest BCUT2D eigenvalue weighted by molar-refractivity contribution is 4.77. The summed E-state index contributed by atoms with van der Waals surface area (Å²) in [5.41, 5.74) is 0. The molecule has 14 heavy (non-hydrogen) atoms. The van der Waals surface area contributed by atoms with Gasteiger partial charge in [0.2, 0.25) is 0 Å². The van der Waals surface area contributed by atoms with Gasteiger partial charge in [-0.1, -0.05) is 20.8 Å². The van der Waals surface area contributed by atoms with Gasteiger partial charge in [0.25, 0.3) is 0 Å². The highest BCUT2D eigenvalue weighted by Gasteiger charge is 2.18. The van der Waals surface area contributed by atoms with Gasteiger partial charge in [-0.3, -0.25) is 0 Å². The van der Waals surface area contributed by atoms with Crippen molar-refractivity contribution < 1.29 is 1.43 Å². The lowest BCUT2D eigenvalue weighted by atomic mass is 10.1. The third kappa shape index (κ3) is 4.97. The van der Waals surface area contributed by atoms with Gasteiger partial charge in [-0.25, -0.2) is 0 Å². The Morgan fingerprint density at radius 3 is 2.50 bits per heavy atom. The van der Waals surface area contributed by atoms with E-state index in [4.69, 9.17) is 0 Å². The summed E-state index contributed by atoms with van der Waals surface area (Å²) in [4.78, 5) is 2.47. The van der Waals surface area contributed by atoms with E-state index in [1.54, 1.807) is 0 Å². The summed E-state index contributed by atoms with van der Waals surface area (Å²) in [6.07, 6.45) is 4.00. The van der Waals surface area contributed by atoms with Gasteiger partial charge >= 0.3 is 0 Å². The van der Waals surface area contributed by atoms with Crippen molar-refractivity contribution in [3.05, 3.63) is 0 Å². The molecule has 1 aliphatic rings. The quantitative estimate of drug-likeness (QED) is 0.741. The van der Waals surface area contributed by atoms with Crippen LogP contribution in [0, 0.1) is 0 Å². The Balaban J connectivity index is 0. The van der Waals surface area contributed by atoms with E-state index in [0.29, 0.717) is 0 Å². The van der Waals surface area contributed by atoms with Crippen LogP contribution in [0.3, 0.4) is 0 Å². The summed E-state index contributed by atoms with van der Waals surface area (Å²) in [7, 11) is 2.24. The Bertz CT molecular complexity index is 119.